The van der Waals surface area contributed by atoms with E-state index in [4.69, 9.17) is 15.7 Å². The maximum Gasteiger partial charge on any atom is 0.171 e. The minimum Gasteiger partial charge on any atom is -0.294 e. The van der Waals surface area contributed by atoms with Crippen LogP contribution < -0.4 is 0 Å². The van der Waals surface area contributed by atoms with Gasteiger partial charge in [0.25, 0.3) is 0 Å². The van der Waals surface area contributed by atoms with Crippen LogP contribution in [0.3, 0.4) is 0 Å². The van der Waals surface area contributed by atoms with Gasteiger partial charge in [-0.3, -0.25) is 9.59 Å². The van der Waals surface area contributed by atoms with Crippen molar-refractivity contribution in [1.82, 2.24) is 0 Å². The van der Waals surface area contributed by atoms with Crippen molar-refractivity contribution in [2.45, 2.75) is 34.1 Å². The summed E-state index contributed by atoms with van der Waals surface area (Å²) in [7, 11) is 11.9. The van der Waals surface area contributed by atoms with Crippen LogP contribution in [0.25, 0.3) is 0 Å². The highest BCUT2D eigenvalue weighted by molar-refractivity contribution is 6.39. The Balaban J connectivity index is 3.33. The summed E-state index contributed by atoms with van der Waals surface area (Å²) in [6.07, 6.45) is 2.53. The second kappa shape index (κ2) is 5.55. The fourth-order valence-corrected chi connectivity index (χ4v) is 1.96. The zero-order valence-electron chi connectivity index (χ0n) is 11.3. The van der Waals surface area contributed by atoms with E-state index < -0.39 is 5.92 Å². The number of Topliss-reactive ketones (excluding diaryl/α,β-unsaturated/α-hetero) is 2. The molecule has 0 aromatic rings. The molecule has 0 fully saturated rings. The molecule has 0 bridgehead atoms. The predicted octanol–water partition coefficient (Wildman–Crippen LogP) is 2.00. The summed E-state index contributed by atoms with van der Waals surface area (Å²) in [6, 6.07) is 0. The van der Waals surface area contributed by atoms with Crippen molar-refractivity contribution in [3.63, 3.8) is 0 Å². The summed E-state index contributed by atoms with van der Waals surface area (Å²) in [6.45, 7) is 7.00. The molecule has 0 aromatic carbocycles. The van der Waals surface area contributed by atoms with Gasteiger partial charge in [-0.1, -0.05) is 29.6 Å². The smallest absolute Gasteiger partial charge is 0.171 e. The molecule has 0 aliphatic heterocycles. The van der Waals surface area contributed by atoms with Crippen LogP contribution in [-0.2, 0) is 9.59 Å². The lowest BCUT2D eigenvalue weighted by atomic mass is 9.64. The summed E-state index contributed by atoms with van der Waals surface area (Å²) >= 11 is 0. The van der Waals surface area contributed by atoms with Gasteiger partial charge >= 0.3 is 0 Å². The minimum absolute atomic E-state index is 0.0915. The van der Waals surface area contributed by atoms with Gasteiger partial charge in [-0.25, -0.2) is 0 Å². The maximum absolute atomic E-state index is 12.0. The number of allylic oxidation sites excluding steroid dienone is 6. The molecule has 1 aliphatic carbocycles. The third-order valence-corrected chi connectivity index (χ3v) is 3.12. The van der Waals surface area contributed by atoms with E-state index in [9.17, 15) is 9.59 Å². The molecule has 18 heavy (non-hydrogen) atoms. The van der Waals surface area contributed by atoms with Gasteiger partial charge in [-0.05, 0) is 27.2 Å². The molecule has 2 nitrogen and oxygen atoms in total. The molecular formula is C14H16B2O2. The molecule has 0 N–H and O–H groups in total. The highest BCUT2D eigenvalue weighted by atomic mass is 16.1. The molecule has 0 amide bonds. The van der Waals surface area contributed by atoms with E-state index >= 15 is 0 Å². The van der Waals surface area contributed by atoms with Gasteiger partial charge in [0.2, 0.25) is 0 Å². The first-order chi connectivity index (χ1) is 8.27. The lowest BCUT2D eigenvalue weighted by Gasteiger charge is -2.26. The van der Waals surface area contributed by atoms with Crippen LogP contribution in [0.15, 0.2) is 33.7 Å². The van der Waals surface area contributed by atoms with Gasteiger partial charge in [0, 0.05) is 5.92 Å². The fraction of sp³-hybridized carbons (Fsp3) is 0.429. The Morgan fingerprint density at radius 1 is 1.28 bits per heavy atom. The van der Waals surface area contributed by atoms with E-state index in [0.717, 1.165) is 5.57 Å². The largest absolute Gasteiger partial charge is 0.294 e. The Hall–Kier alpha value is -1.31. The number of hydrogen-bond acceptors (Lipinski definition) is 2. The number of rotatable bonds is 3. The molecule has 0 heterocycles. The average molecular weight is 238 g/mol. The molecule has 90 valence electrons. The van der Waals surface area contributed by atoms with Gasteiger partial charge in [-0.2, -0.15) is 0 Å². The summed E-state index contributed by atoms with van der Waals surface area (Å²) in [5.74, 6) is -1.05. The Bertz CT molecular complexity index is 492. The number of carbonyl (C=O) groups excluding carboxylic acids is 2. The Morgan fingerprint density at radius 2 is 1.83 bits per heavy atom. The van der Waals surface area contributed by atoms with Crippen LogP contribution in [-0.4, -0.2) is 27.3 Å². The molecule has 4 heteroatoms. The molecule has 0 aromatic heterocycles. The summed E-state index contributed by atoms with van der Waals surface area (Å²) in [4.78, 5) is 23.5. The average Bonchev–Trinajstić information content (AvgIpc) is 2.25. The van der Waals surface area contributed by atoms with Crippen LogP contribution >= 0.6 is 0 Å². The molecular weight excluding hydrogens is 222 g/mol. The number of carbonyl (C=O) groups is 2. The predicted molar refractivity (Wildman–Crippen MR) is 74.5 cm³/mol. The molecule has 1 rings (SSSR count). The third kappa shape index (κ3) is 2.74. The van der Waals surface area contributed by atoms with Crippen molar-refractivity contribution >= 4 is 27.3 Å². The van der Waals surface area contributed by atoms with E-state index in [1.54, 1.807) is 6.92 Å². The molecule has 1 aliphatic rings. The van der Waals surface area contributed by atoms with Crippen molar-refractivity contribution in [3.8, 4) is 0 Å². The SMILES string of the molecule is [B]C1=C(C(C)=O)C(=O)[C@H](C)C([B])=C1CC=C(C)C. The van der Waals surface area contributed by atoms with Crippen LogP contribution in [0.5, 0.6) is 0 Å². The molecule has 1 atom stereocenters. The van der Waals surface area contributed by atoms with Crippen molar-refractivity contribution in [3.05, 3.63) is 33.7 Å². The molecule has 4 radical (unpaired) electrons. The van der Waals surface area contributed by atoms with Crippen molar-refractivity contribution < 1.29 is 9.59 Å². The van der Waals surface area contributed by atoms with Crippen molar-refractivity contribution in [1.29, 1.82) is 0 Å². The van der Waals surface area contributed by atoms with E-state index in [1.165, 1.54) is 6.92 Å². The van der Waals surface area contributed by atoms with Crippen LogP contribution in [0.4, 0.5) is 0 Å². The van der Waals surface area contributed by atoms with Crippen molar-refractivity contribution in [2.24, 2.45) is 5.92 Å². The lowest BCUT2D eigenvalue weighted by molar-refractivity contribution is -0.122. The van der Waals surface area contributed by atoms with Gasteiger partial charge in [0.1, 0.15) is 15.7 Å². The van der Waals surface area contributed by atoms with Crippen LogP contribution in [0.2, 0.25) is 0 Å². The first-order valence-corrected chi connectivity index (χ1v) is 5.94. The van der Waals surface area contributed by atoms with E-state index in [-0.39, 0.29) is 22.6 Å². The maximum atomic E-state index is 12.0. The number of ketones is 2. The molecule has 0 spiro atoms. The summed E-state index contributed by atoms with van der Waals surface area (Å²) in [5, 5.41) is 0. The topological polar surface area (TPSA) is 34.1 Å². The van der Waals surface area contributed by atoms with Crippen LogP contribution in [0.1, 0.15) is 34.1 Å². The first-order valence-electron chi connectivity index (χ1n) is 5.94. The number of hydrogen-bond donors (Lipinski definition) is 0. The quantitative estimate of drug-likeness (QED) is 0.428. The zero-order chi connectivity index (χ0) is 14.0. The normalized spacial score (nSPS) is 20.2. The highest BCUT2D eigenvalue weighted by Gasteiger charge is 2.30. The highest BCUT2D eigenvalue weighted by Crippen LogP contribution is 2.31. The van der Waals surface area contributed by atoms with Crippen LogP contribution in [0, 0.1) is 5.92 Å². The van der Waals surface area contributed by atoms with Crippen molar-refractivity contribution in [2.75, 3.05) is 0 Å². The monoisotopic (exact) mass is 238 g/mol. The van der Waals surface area contributed by atoms with E-state index in [2.05, 4.69) is 0 Å². The molecule has 0 saturated heterocycles. The Labute approximate surface area is 111 Å². The second-order valence-corrected chi connectivity index (χ2v) is 4.85. The zero-order valence-corrected chi connectivity index (χ0v) is 11.3. The molecule has 0 saturated carbocycles. The second-order valence-electron chi connectivity index (χ2n) is 4.85. The third-order valence-electron chi connectivity index (χ3n) is 3.12. The van der Waals surface area contributed by atoms with Gasteiger partial charge in [0.05, 0.1) is 5.57 Å². The lowest BCUT2D eigenvalue weighted by Crippen LogP contribution is -2.27. The van der Waals surface area contributed by atoms with Gasteiger partial charge in [-0.15, -0.1) is 5.47 Å². The summed E-state index contributed by atoms with van der Waals surface area (Å²) in [5.41, 5.74) is 2.64. The standard InChI is InChI=1S/C14H16B2O2/c1-7(2)5-6-10-12(15)8(3)14(18)11(9(4)17)13(10)16/h5,8H,6H2,1-4H3/t8-/m1/s1. The molecule has 0 unspecified atom stereocenters. The first kappa shape index (κ1) is 14.7. The Morgan fingerprint density at radius 3 is 2.28 bits per heavy atom. The Kier molecular flexibility index (Phi) is 4.55. The summed E-state index contributed by atoms with van der Waals surface area (Å²) < 4.78 is 0. The van der Waals surface area contributed by atoms with Gasteiger partial charge < -0.3 is 0 Å². The van der Waals surface area contributed by atoms with E-state index in [1.807, 2.05) is 19.9 Å². The minimum atomic E-state index is -0.475. The fourth-order valence-electron chi connectivity index (χ4n) is 1.96. The van der Waals surface area contributed by atoms with Gasteiger partial charge in [0.15, 0.2) is 11.6 Å². The van der Waals surface area contributed by atoms with E-state index in [0.29, 0.717) is 17.5 Å².